The highest BCUT2D eigenvalue weighted by Crippen LogP contribution is 2.15. The Kier molecular flexibility index (Phi) is 3.99. The highest BCUT2D eigenvalue weighted by atomic mass is 35.5. The fraction of sp³-hybridized carbons (Fsp3) is 0.385. The molecule has 1 atom stereocenters. The van der Waals surface area contributed by atoms with Crippen molar-refractivity contribution in [3.05, 3.63) is 34.9 Å². The average molecular weight is 267 g/mol. The molecular weight excluding hydrogens is 252 g/mol. The maximum atomic E-state index is 11.8. The summed E-state index contributed by atoms with van der Waals surface area (Å²) in [7, 11) is 0. The van der Waals surface area contributed by atoms with Gasteiger partial charge in [0.1, 0.15) is 0 Å². The molecule has 1 unspecified atom stereocenters. The van der Waals surface area contributed by atoms with Crippen LogP contribution in [0.15, 0.2) is 24.3 Å². The van der Waals surface area contributed by atoms with Gasteiger partial charge in [-0.25, -0.2) is 0 Å². The Morgan fingerprint density at radius 3 is 2.89 bits per heavy atom. The van der Waals surface area contributed by atoms with E-state index in [2.05, 4.69) is 0 Å². The second kappa shape index (κ2) is 5.50. The van der Waals surface area contributed by atoms with E-state index < -0.39 is 6.04 Å². The van der Waals surface area contributed by atoms with Gasteiger partial charge >= 0.3 is 0 Å². The molecule has 0 saturated carbocycles. The zero-order chi connectivity index (χ0) is 13.1. The van der Waals surface area contributed by atoms with E-state index in [1.807, 2.05) is 18.2 Å². The first kappa shape index (κ1) is 13.1. The second-order valence-corrected chi connectivity index (χ2v) is 4.85. The number of carbonyl (C=O) groups is 2. The lowest BCUT2D eigenvalue weighted by Crippen LogP contribution is -2.51. The minimum Gasteiger partial charge on any atom is -0.320 e. The van der Waals surface area contributed by atoms with Gasteiger partial charge in [-0.2, -0.15) is 0 Å². The summed E-state index contributed by atoms with van der Waals surface area (Å²) in [5.41, 5.74) is 6.66. The van der Waals surface area contributed by atoms with E-state index in [0.29, 0.717) is 30.8 Å². The minimum absolute atomic E-state index is 0.135. The van der Waals surface area contributed by atoms with Gasteiger partial charge in [0.25, 0.3) is 0 Å². The van der Waals surface area contributed by atoms with Crippen molar-refractivity contribution in [2.75, 3.05) is 6.54 Å². The van der Waals surface area contributed by atoms with Gasteiger partial charge in [-0.1, -0.05) is 23.7 Å². The number of carbonyl (C=O) groups excluding carboxylic acids is 2. The Morgan fingerprint density at radius 2 is 2.17 bits per heavy atom. The lowest BCUT2D eigenvalue weighted by molar-refractivity contribution is -0.149. The number of likely N-dealkylation sites (tertiary alicyclic amines) is 1. The number of nitrogens with two attached hydrogens (primary N) is 1. The molecule has 18 heavy (non-hydrogen) atoms. The van der Waals surface area contributed by atoms with E-state index in [4.69, 9.17) is 17.3 Å². The lowest BCUT2D eigenvalue weighted by Gasteiger charge is -2.28. The first-order valence-electron chi connectivity index (χ1n) is 5.92. The Hall–Kier alpha value is -1.39. The molecule has 1 saturated heterocycles. The van der Waals surface area contributed by atoms with Crippen molar-refractivity contribution < 1.29 is 9.59 Å². The number of imide groups is 1. The smallest absolute Gasteiger partial charge is 0.246 e. The molecule has 0 bridgehead atoms. The van der Waals surface area contributed by atoms with Crippen LogP contribution < -0.4 is 5.73 Å². The van der Waals surface area contributed by atoms with E-state index in [9.17, 15) is 9.59 Å². The van der Waals surface area contributed by atoms with Crippen LogP contribution in [-0.2, 0) is 16.0 Å². The third-order valence-corrected chi connectivity index (χ3v) is 3.30. The van der Waals surface area contributed by atoms with Crippen LogP contribution in [0.1, 0.15) is 18.4 Å². The molecule has 5 heteroatoms. The van der Waals surface area contributed by atoms with Crippen LogP contribution in [0.2, 0.25) is 5.02 Å². The molecule has 2 N–H and O–H groups in total. The fourth-order valence-corrected chi connectivity index (χ4v) is 2.24. The van der Waals surface area contributed by atoms with Crippen molar-refractivity contribution in [3.8, 4) is 0 Å². The van der Waals surface area contributed by atoms with E-state index >= 15 is 0 Å². The van der Waals surface area contributed by atoms with E-state index in [1.165, 1.54) is 4.90 Å². The molecule has 0 aliphatic carbocycles. The summed E-state index contributed by atoms with van der Waals surface area (Å²) < 4.78 is 0. The van der Waals surface area contributed by atoms with Gasteiger partial charge in [0.05, 0.1) is 6.04 Å². The number of hydrogen-bond acceptors (Lipinski definition) is 3. The van der Waals surface area contributed by atoms with Crippen LogP contribution in [0.4, 0.5) is 0 Å². The quantitative estimate of drug-likeness (QED) is 0.840. The highest BCUT2D eigenvalue weighted by Gasteiger charge is 2.31. The molecule has 0 spiro atoms. The number of nitrogens with zero attached hydrogens (tertiary/aromatic N) is 1. The molecular formula is C13H15ClN2O2. The van der Waals surface area contributed by atoms with Crippen LogP contribution in [0.25, 0.3) is 0 Å². The van der Waals surface area contributed by atoms with Gasteiger partial charge in [-0.05, 0) is 30.5 Å². The Morgan fingerprint density at radius 1 is 1.39 bits per heavy atom. The Balaban J connectivity index is 2.00. The highest BCUT2D eigenvalue weighted by molar-refractivity contribution is 6.30. The van der Waals surface area contributed by atoms with Gasteiger partial charge in [-0.15, -0.1) is 0 Å². The van der Waals surface area contributed by atoms with Crippen molar-refractivity contribution >= 4 is 23.4 Å². The van der Waals surface area contributed by atoms with Crippen LogP contribution in [0.5, 0.6) is 0 Å². The summed E-state index contributed by atoms with van der Waals surface area (Å²) in [6.45, 7) is 0.367. The number of rotatable bonds is 3. The van der Waals surface area contributed by atoms with Gasteiger partial charge < -0.3 is 5.73 Å². The topological polar surface area (TPSA) is 63.4 Å². The number of hydrogen-bond donors (Lipinski definition) is 1. The summed E-state index contributed by atoms with van der Waals surface area (Å²) in [6.07, 6.45) is 1.40. The molecule has 1 aliphatic heterocycles. The summed E-state index contributed by atoms with van der Waals surface area (Å²) in [6, 6.07) is 6.86. The average Bonchev–Trinajstić information content (AvgIpc) is 2.34. The molecule has 96 valence electrons. The first-order chi connectivity index (χ1) is 8.58. The maximum absolute atomic E-state index is 11.8. The molecule has 0 radical (unpaired) electrons. The third kappa shape index (κ3) is 2.89. The first-order valence-corrected chi connectivity index (χ1v) is 6.30. The van der Waals surface area contributed by atoms with E-state index in [1.54, 1.807) is 6.07 Å². The normalized spacial score (nSPS) is 20.3. The second-order valence-electron chi connectivity index (χ2n) is 4.41. The molecule has 4 nitrogen and oxygen atoms in total. The van der Waals surface area contributed by atoms with Gasteiger partial charge in [0.2, 0.25) is 11.8 Å². The molecule has 2 rings (SSSR count). The van der Waals surface area contributed by atoms with Gasteiger partial charge in [0.15, 0.2) is 0 Å². The zero-order valence-electron chi connectivity index (χ0n) is 9.93. The molecule has 2 amide bonds. The van der Waals surface area contributed by atoms with Crippen molar-refractivity contribution in [1.82, 2.24) is 4.90 Å². The molecule has 1 fully saturated rings. The largest absolute Gasteiger partial charge is 0.320 e. The van der Waals surface area contributed by atoms with Crippen LogP contribution in [0.3, 0.4) is 0 Å². The summed E-state index contributed by atoms with van der Waals surface area (Å²) in [5, 5.41) is 0.653. The zero-order valence-corrected chi connectivity index (χ0v) is 10.7. The molecule has 1 aliphatic rings. The molecule has 1 aromatic rings. The van der Waals surface area contributed by atoms with Crippen LogP contribution in [0, 0.1) is 0 Å². The monoisotopic (exact) mass is 266 g/mol. The SMILES string of the molecule is NC1CCC(=O)N(CCc2cccc(Cl)c2)C1=O. The lowest BCUT2D eigenvalue weighted by atomic mass is 10.0. The van der Waals surface area contributed by atoms with Crippen LogP contribution >= 0.6 is 11.6 Å². The van der Waals surface area contributed by atoms with Crippen molar-refractivity contribution in [3.63, 3.8) is 0 Å². The van der Waals surface area contributed by atoms with Crippen molar-refractivity contribution in [2.24, 2.45) is 5.73 Å². The maximum Gasteiger partial charge on any atom is 0.246 e. The van der Waals surface area contributed by atoms with Gasteiger partial charge in [0, 0.05) is 18.0 Å². The summed E-state index contributed by atoms with van der Waals surface area (Å²) in [5.74, 6) is -0.406. The van der Waals surface area contributed by atoms with Gasteiger partial charge in [-0.3, -0.25) is 14.5 Å². The summed E-state index contributed by atoms with van der Waals surface area (Å²) in [4.78, 5) is 24.7. The van der Waals surface area contributed by atoms with E-state index in [0.717, 1.165) is 5.56 Å². The van der Waals surface area contributed by atoms with Crippen molar-refractivity contribution in [2.45, 2.75) is 25.3 Å². The number of amides is 2. The predicted molar refractivity (Wildman–Crippen MR) is 69.1 cm³/mol. The van der Waals surface area contributed by atoms with E-state index in [-0.39, 0.29) is 11.8 Å². The Bertz CT molecular complexity index is 476. The number of halogens is 1. The standard InChI is InChI=1S/C13H15ClN2O2/c14-10-3-1-2-9(8-10)6-7-16-12(17)5-4-11(15)13(16)18/h1-3,8,11H,4-7,15H2. The molecule has 1 heterocycles. The predicted octanol–water partition coefficient (Wildman–Crippen LogP) is 1.36. The molecule has 1 aromatic carbocycles. The number of benzene rings is 1. The number of piperidine rings is 1. The summed E-state index contributed by atoms with van der Waals surface area (Å²) >= 11 is 5.88. The Labute approximate surface area is 111 Å². The molecule has 0 aromatic heterocycles. The fourth-order valence-electron chi connectivity index (χ4n) is 2.03. The minimum atomic E-state index is -0.540. The van der Waals surface area contributed by atoms with Crippen LogP contribution in [-0.4, -0.2) is 29.3 Å². The third-order valence-electron chi connectivity index (χ3n) is 3.07. The van der Waals surface area contributed by atoms with Crippen molar-refractivity contribution in [1.29, 1.82) is 0 Å².